The third-order valence-electron chi connectivity index (χ3n) is 7.42. The Kier molecular flexibility index (Phi) is 7.51. The van der Waals surface area contributed by atoms with Crippen molar-refractivity contribution in [3.63, 3.8) is 0 Å². The number of anilines is 1. The zero-order valence-electron chi connectivity index (χ0n) is 22.3. The Bertz CT molecular complexity index is 1550. The summed E-state index contributed by atoms with van der Waals surface area (Å²) in [6.07, 6.45) is 0.558. The molecule has 0 unspecified atom stereocenters. The molecule has 0 spiro atoms. The number of amides is 2. The molecule has 3 aliphatic heterocycles. The first-order valence-electron chi connectivity index (χ1n) is 13.5. The molecule has 2 amide bonds. The number of hydrogen-bond donors (Lipinski definition) is 0. The van der Waals surface area contributed by atoms with Crippen LogP contribution in [0.5, 0.6) is 0 Å². The van der Waals surface area contributed by atoms with Crippen molar-refractivity contribution >= 4 is 51.6 Å². The monoisotopic (exact) mass is 568 g/mol. The summed E-state index contributed by atoms with van der Waals surface area (Å²) >= 11 is 1.33. The van der Waals surface area contributed by atoms with Gasteiger partial charge in [0.05, 0.1) is 10.6 Å². The Hall–Kier alpha value is -4.51. The second kappa shape index (κ2) is 11.5. The molecule has 10 nitrogen and oxygen atoms in total. The molecular weight excluding hydrogens is 540 g/mol. The quantitative estimate of drug-likeness (QED) is 0.304. The van der Waals surface area contributed by atoms with Gasteiger partial charge in [-0.1, -0.05) is 54.2 Å². The van der Waals surface area contributed by atoms with Crippen LogP contribution < -0.4 is 4.90 Å². The van der Waals surface area contributed by atoms with E-state index in [2.05, 4.69) is 17.0 Å². The minimum atomic E-state index is -0.672. The largest absolute Gasteiger partial charge is 0.368 e. The van der Waals surface area contributed by atoms with Gasteiger partial charge in [0.1, 0.15) is 11.9 Å². The van der Waals surface area contributed by atoms with Gasteiger partial charge in [0, 0.05) is 61.7 Å². The van der Waals surface area contributed by atoms with Crippen molar-refractivity contribution in [1.29, 1.82) is 0 Å². The number of aliphatic imine (C=N–C) groups is 2. The fourth-order valence-corrected chi connectivity index (χ4v) is 6.21. The van der Waals surface area contributed by atoms with E-state index in [0.717, 1.165) is 29.9 Å². The van der Waals surface area contributed by atoms with Gasteiger partial charge in [-0.05, 0) is 36.2 Å². The Morgan fingerprint density at radius 3 is 2.51 bits per heavy atom. The number of benzene rings is 3. The molecule has 0 aromatic heterocycles. The van der Waals surface area contributed by atoms with E-state index < -0.39 is 11.0 Å². The highest BCUT2D eigenvalue weighted by molar-refractivity contribution is 8.13. The van der Waals surface area contributed by atoms with Gasteiger partial charge in [0.15, 0.2) is 5.17 Å². The number of nitrogens with zero attached hydrogens (tertiary/aromatic N) is 6. The van der Waals surface area contributed by atoms with Crippen molar-refractivity contribution in [3.8, 4) is 0 Å². The number of para-hydroxylation sites is 2. The van der Waals surface area contributed by atoms with Gasteiger partial charge in [0.25, 0.3) is 11.6 Å². The molecule has 3 aromatic rings. The SMILES string of the molecule is O=C(CC[C@H]1N=C2c3ccccc3N=C(SCc3cccc([N+](=O)[O-])c3)N2C1=O)N1CCN(c2ccccc2)CC1. The van der Waals surface area contributed by atoms with Crippen LogP contribution in [0.15, 0.2) is 88.8 Å². The van der Waals surface area contributed by atoms with Crippen LogP contribution >= 0.6 is 11.8 Å². The number of nitro benzene ring substituents is 1. The third kappa shape index (κ3) is 5.58. The highest BCUT2D eigenvalue weighted by Crippen LogP contribution is 2.35. The van der Waals surface area contributed by atoms with E-state index in [-0.39, 0.29) is 23.9 Å². The van der Waals surface area contributed by atoms with Crippen LogP contribution in [-0.2, 0) is 15.3 Å². The summed E-state index contributed by atoms with van der Waals surface area (Å²) < 4.78 is 0. The smallest absolute Gasteiger partial charge is 0.269 e. The molecule has 11 heteroatoms. The second-order valence-corrected chi connectivity index (χ2v) is 11.0. The summed E-state index contributed by atoms with van der Waals surface area (Å²) in [5.41, 5.74) is 3.41. The molecule has 0 aliphatic carbocycles. The maximum atomic E-state index is 13.6. The van der Waals surface area contributed by atoms with Crippen LogP contribution in [0.25, 0.3) is 0 Å². The Morgan fingerprint density at radius 2 is 1.73 bits per heavy atom. The van der Waals surface area contributed by atoms with Gasteiger partial charge >= 0.3 is 0 Å². The molecule has 3 aliphatic rings. The van der Waals surface area contributed by atoms with E-state index in [1.54, 1.807) is 6.07 Å². The fourth-order valence-electron chi connectivity index (χ4n) is 5.27. The first-order valence-corrected chi connectivity index (χ1v) is 14.5. The van der Waals surface area contributed by atoms with E-state index in [1.165, 1.54) is 28.8 Å². The normalized spacial score (nSPS) is 18.0. The Balaban J connectivity index is 1.12. The first kappa shape index (κ1) is 26.7. The minimum absolute atomic E-state index is 0.0183. The van der Waals surface area contributed by atoms with Crippen molar-refractivity contribution in [1.82, 2.24) is 9.80 Å². The summed E-state index contributed by atoms with van der Waals surface area (Å²) in [4.78, 5) is 52.6. The van der Waals surface area contributed by atoms with Gasteiger partial charge < -0.3 is 9.80 Å². The van der Waals surface area contributed by atoms with Crippen molar-refractivity contribution in [2.24, 2.45) is 9.98 Å². The predicted molar refractivity (Wildman–Crippen MR) is 160 cm³/mol. The van der Waals surface area contributed by atoms with E-state index >= 15 is 0 Å². The van der Waals surface area contributed by atoms with Gasteiger partial charge in [-0.25, -0.2) is 9.89 Å². The van der Waals surface area contributed by atoms with Crippen molar-refractivity contribution < 1.29 is 14.5 Å². The molecule has 3 heterocycles. The molecule has 0 N–H and O–H groups in total. The van der Waals surface area contributed by atoms with Gasteiger partial charge in [-0.3, -0.25) is 24.7 Å². The number of piperazine rings is 1. The number of carbonyl (C=O) groups is 2. The molecule has 0 saturated carbocycles. The first-order chi connectivity index (χ1) is 20.0. The minimum Gasteiger partial charge on any atom is -0.368 e. The average molecular weight is 569 g/mol. The molecule has 41 heavy (non-hydrogen) atoms. The van der Waals surface area contributed by atoms with E-state index in [9.17, 15) is 19.7 Å². The standard InChI is InChI=1S/C30H28N6O4S/c37-27(34-17-15-33(16-18-34)22-8-2-1-3-9-22)14-13-26-29(38)35-28(31-26)24-11-4-5-12-25(24)32-30(35)41-20-21-7-6-10-23(19-21)36(39)40/h1-12,19,26H,13-18,20H2/t26-/m1/s1. The topological polar surface area (TPSA) is 112 Å². The second-order valence-electron chi connectivity index (χ2n) is 10.0. The van der Waals surface area contributed by atoms with Crippen LogP contribution in [0.2, 0.25) is 0 Å². The number of fused-ring (bicyclic) bond motifs is 3. The zero-order chi connectivity index (χ0) is 28.3. The Morgan fingerprint density at radius 1 is 0.976 bits per heavy atom. The Labute approximate surface area is 241 Å². The van der Waals surface area contributed by atoms with Crippen LogP contribution in [-0.4, -0.2) is 69.8 Å². The summed E-state index contributed by atoms with van der Waals surface area (Å²) in [7, 11) is 0. The highest BCUT2D eigenvalue weighted by Gasteiger charge is 2.41. The number of carbonyl (C=O) groups excluding carboxylic acids is 2. The van der Waals surface area contributed by atoms with Gasteiger partial charge in [-0.15, -0.1) is 0 Å². The molecule has 1 atom stereocenters. The summed E-state index contributed by atoms with van der Waals surface area (Å²) in [6.45, 7) is 2.83. The molecular formula is C30H28N6O4S. The van der Waals surface area contributed by atoms with Crippen LogP contribution in [0.1, 0.15) is 24.0 Å². The predicted octanol–water partition coefficient (Wildman–Crippen LogP) is 4.62. The van der Waals surface area contributed by atoms with E-state index in [1.807, 2.05) is 53.4 Å². The molecule has 3 aromatic carbocycles. The van der Waals surface area contributed by atoms with Crippen LogP contribution in [0.4, 0.5) is 17.1 Å². The third-order valence-corrected chi connectivity index (χ3v) is 8.43. The molecule has 6 rings (SSSR count). The summed E-state index contributed by atoms with van der Waals surface area (Å²) in [5, 5.41) is 11.7. The zero-order valence-corrected chi connectivity index (χ0v) is 23.1. The van der Waals surface area contributed by atoms with Crippen LogP contribution in [0.3, 0.4) is 0 Å². The number of thioether (sulfide) groups is 1. The number of nitro groups is 1. The van der Waals surface area contributed by atoms with E-state index in [4.69, 9.17) is 9.98 Å². The fraction of sp³-hybridized carbons (Fsp3) is 0.267. The molecule has 208 valence electrons. The van der Waals surface area contributed by atoms with Gasteiger partial charge in [-0.2, -0.15) is 0 Å². The molecule has 1 saturated heterocycles. The number of rotatable bonds is 7. The number of amidine groups is 2. The summed E-state index contributed by atoms with van der Waals surface area (Å²) in [6, 6.07) is 23.5. The highest BCUT2D eigenvalue weighted by atomic mass is 32.2. The average Bonchev–Trinajstić information content (AvgIpc) is 3.35. The lowest BCUT2D eigenvalue weighted by Gasteiger charge is -2.36. The molecule has 0 radical (unpaired) electrons. The van der Waals surface area contributed by atoms with Crippen LogP contribution in [0, 0.1) is 10.1 Å². The summed E-state index contributed by atoms with van der Waals surface area (Å²) in [5.74, 6) is 0.764. The maximum Gasteiger partial charge on any atom is 0.269 e. The number of non-ortho nitro benzene ring substituents is 1. The van der Waals surface area contributed by atoms with Crippen molar-refractivity contribution in [2.45, 2.75) is 24.6 Å². The lowest BCUT2D eigenvalue weighted by atomic mass is 10.1. The lowest BCUT2D eigenvalue weighted by Crippen LogP contribution is -2.49. The lowest BCUT2D eigenvalue weighted by molar-refractivity contribution is -0.384. The molecule has 0 bridgehead atoms. The van der Waals surface area contributed by atoms with Gasteiger partial charge in [0.2, 0.25) is 5.91 Å². The maximum absolute atomic E-state index is 13.6. The van der Waals surface area contributed by atoms with Crippen molar-refractivity contribution in [3.05, 3.63) is 100 Å². The van der Waals surface area contributed by atoms with Crippen molar-refractivity contribution in [2.75, 3.05) is 31.1 Å². The van der Waals surface area contributed by atoms with E-state index in [0.29, 0.717) is 42.0 Å². The number of hydrogen-bond acceptors (Lipinski definition) is 8. The molecule has 1 fully saturated rings.